The fraction of sp³-hybridized carbons (Fsp3) is 0.611. The summed E-state index contributed by atoms with van der Waals surface area (Å²) in [4.78, 5) is 30.0. The molecule has 7 heteroatoms. The van der Waals surface area contributed by atoms with E-state index in [0.29, 0.717) is 11.3 Å². The van der Waals surface area contributed by atoms with Gasteiger partial charge in [0.25, 0.3) is 11.6 Å². The van der Waals surface area contributed by atoms with Crippen LogP contribution in [0.4, 0.5) is 11.4 Å². The van der Waals surface area contributed by atoms with Crippen LogP contribution < -0.4 is 4.90 Å². The van der Waals surface area contributed by atoms with Crippen LogP contribution in [0.15, 0.2) is 18.2 Å². The molecule has 2 aliphatic rings. The summed E-state index contributed by atoms with van der Waals surface area (Å²) in [5.74, 6) is -0.134. The second-order valence-corrected chi connectivity index (χ2v) is 7.11. The van der Waals surface area contributed by atoms with Gasteiger partial charge in [0, 0.05) is 37.8 Å². The second kappa shape index (κ2) is 7.39. The monoisotopic (exact) mass is 346 g/mol. The third kappa shape index (κ3) is 3.76. The first-order valence-corrected chi connectivity index (χ1v) is 8.96. The van der Waals surface area contributed by atoms with Gasteiger partial charge in [0.1, 0.15) is 5.69 Å². The predicted molar refractivity (Wildman–Crippen MR) is 97.2 cm³/mol. The van der Waals surface area contributed by atoms with Crippen LogP contribution in [0, 0.1) is 10.1 Å². The van der Waals surface area contributed by atoms with Crippen molar-refractivity contribution in [3.05, 3.63) is 33.9 Å². The van der Waals surface area contributed by atoms with Crippen molar-refractivity contribution in [3.8, 4) is 0 Å². The fourth-order valence-corrected chi connectivity index (χ4v) is 3.78. The zero-order valence-corrected chi connectivity index (χ0v) is 15.0. The quantitative estimate of drug-likeness (QED) is 0.618. The van der Waals surface area contributed by atoms with Crippen molar-refractivity contribution in [1.82, 2.24) is 9.80 Å². The standard InChI is InChI=1S/C18H26N4O3/c1-19-11-7-15(8-12-19)20(2)18(23)14-5-6-16(17(13-14)22(24)25)21-9-3-4-10-21/h5-6,13,15H,3-4,7-12H2,1-2H3. The molecule has 1 aromatic rings. The fourth-order valence-electron chi connectivity index (χ4n) is 3.78. The van der Waals surface area contributed by atoms with Gasteiger partial charge in [0.05, 0.1) is 4.92 Å². The molecular weight excluding hydrogens is 320 g/mol. The zero-order valence-electron chi connectivity index (χ0n) is 15.0. The number of likely N-dealkylation sites (tertiary alicyclic amines) is 1. The smallest absolute Gasteiger partial charge is 0.293 e. The molecule has 1 aromatic carbocycles. The highest BCUT2D eigenvalue weighted by molar-refractivity contribution is 5.95. The molecule has 2 saturated heterocycles. The Kier molecular flexibility index (Phi) is 5.22. The van der Waals surface area contributed by atoms with E-state index in [0.717, 1.165) is 51.9 Å². The maximum atomic E-state index is 12.8. The van der Waals surface area contributed by atoms with Gasteiger partial charge in [-0.1, -0.05) is 0 Å². The van der Waals surface area contributed by atoms with Gasteiger partial charge in [-0.2, -0.15) is 0 Å². The molecule has 0 bridgehead atoms. The SMILES string of the molecule is CN1CCC(N(C)C(=O)c2ccc(N3CCCC3)c([N+](=O)[O-])c2)CC1. The van der Waals surface area contributed by atoms with E-state index >= 15 is 0 Å². The van der Waals surface area contributed by atoms with Crippen LogP contribution in [0.25, 0.3) is 0 Å². The first-order chi connectivity index (χ1) is 12.0. The summed E-state index contributed by atoms with van der Waals surface area (Å²) in [7, 11) is 3.89. The third-order valence-corrected chi connectivity index (χ3v) is 5.42. The predicted octanol–water partition coefficient (Wildman–Crippen LogP) is 2.36. The summed E-state index contributed by atoms with van der Waals surface area (Å²) < 4.78 is 0. The molecule has 0 spiro atoms. The normalized spacial score (nSPS) is 19.2. The van der Waals surface area contributed by atoms with Gasteiger partial charge in [-0.15, -0.1) is 0 Å². The highest BCUT2D eigenvalue weighted by atomic mass is 16.6. The molecule has 0 unspecified atom stereocenters. The molecule has 0 radical (unpaired) electrons. The number of hydrogen-bond donors (Lipinski definition) is 0. The Hall–Kier alpha value is -2.15. The van der Waals surface area contributed by atoms with Crippen LogP contribution >= 0.6 is 0 Å². The number of carbonyl (C=O) groups is 1. The van der Waals surface area contributed by atoms with Crippen molar-refractivity contribution in [2.45, 2.75) is 31.7 Å². The van der Waals surface area contributed by atoms with Crippen LogP contribution in [0.5, 0.6) is 0 Å². The molecule has 25 heavy (non-hydrogen) atoms. The summed E-state index contributed by atoms with van der Waals surface area (Å²) >= 11 is 0. The molecule has 3 rings (SSSR count). The van der Waals surface area contributed by atoms with Crippen LogP contribution in [0.1, 0.15) is 36.0 Å². The lowest BCUT2D eigenvalue weighted by Gasteiger charge is -2.35. The number of benzene rings is 1. The first-order valence-electron chi connectivity index (χ1n) is 8.96. The Labute approximate surface area is 148 Å². The molecule has 2 fully saturated rings. The third-order valence-electron chi connectivity index (χ3n) is 5.42. The first kappa shape index (κ1) is 17.7. The van der Waals surface area contributed by atoms with Crippen molar-refractivity contribution < 1.29 is 9.72 Å². The lowest BCUT2D eigenvalue weighted by atomic mass is 10.0. The Bertz CT molecular complexity index is 650. The van der Waals surface area contributed by atoms with Gasteiger partial charge in [0.2, 0.25) is 0 Å². The Morgan fingerprint density at radius 3 is 2.44 bits per heavy atom. The largest absolute Gasteiger partial charge is 0.366 e. The van der Waals surface area contributed by atoms with E-state index in [-0.39, 0.29) is 22.6 Å². The molecule has 2 heterocycles. The molecule has 0 aliphatic carbocycles. The van der Waals surface area contributed by atoms with E-state index in [1.165, 1.54) is 6.07 Å². The average molecular weight is 346 g/mol. The number of anilines is 1. The second-order valence-electron chi connectivity index (χ2n) is 7.11. The molecule has 0 atom stereocenters. The van der Waals surface area contributed by atoms with Gasteiger partial charge >= 0.3 is 0 Å². The van der Waals surface area contributed by atoms with Crippen LogP contribution in [-0.4, -0.2) is 66.9 Å². The number of nitro groups is 1. The van der Waals surface area contributed by atoms with E-state index in [4.69, 9.17) is 0 Å². The molecule has 1 amide bonds. The number of rotatable bonds is 4. The minimum Gasteiger partial charge on any atom is -0.366 e. The van der Waals surface area contributed by atoms with E-state index in [9.17, 15) is 14.9 Å². The summed E-state index contributed by atoms with van der Waals surface area (Å²) in [6, 6.07) is 5.11. The Morgan fingerprint density at radius 2 is 1.84 bits per heavy atom. The van der Waals surface area contributed by atoms with Crippen molar-refractivity contribution >= 4 is 17.3 Å². The Morgan fingerprint density at radius 1 is 1.20 bits per heavy atom. The lowest BCUT2D eigenvalue weighted by molar-refractivity contribution is -0.384. The van der Waals surface area contributed by atoms with E-state index in [1.807, 2.05) is 4.90 Å². The van der Waals surface area contributed by atoms with Gasteiger partial charge in [-0.3, -0.25) is 14.9 Å². The molecule has 136 valence electrons. The molecule has 0 saturated carbocycles. The maximum absolute atomic E-state index is 12.8. The van der Waals surface area contributed by atoms with E-state index in [2.05, 4.69) is 11.9 Å². The highest BCUT2D eigenvalue weighted by Crippen LogP contribution is 2.32. The van der Waals surface area contributed by atoms with Crippen LogP contribution in [0.3, 0.4) is 0 Å². The summed E-state index contributed by atoms with van der Waals surface area (Å²) in [6.07, 6.45) is 3.98. The number of carbonyl (C=O) groups excluding carboxylic acids is 1. The van der Waals surface area contributed by atoms with Gasteiger partial charge < -0.3 is 14.7 Å². The summed E-state index contributed by atoms with van der Waals surface area (Å²) in [5.41, 5.74) is 1.06. The Balaban J connectivity index is 1.80. The van der Waals surface area contributed by atoms with Crippen LogP contribution in [0.2, 0.25) is 0 Å². The number of amides is 1. The van der Waals surface area contributed by atoms with Crippen molar-refractivity contribution in [2.75, 3.05) is 45.2 Å². The van der Waals surface area contributed by atoms with Crippen molar-refractivity contribution in [1.29, 1.82) is 0 Å². The van der Waals surface area contributed by atoms with Gasteiger partial charge in [-0.05, 0) is 58.0 Å². The number of nitro benzene ring substituents is 1. The molecule has 0 aromatic heterocycles. The van der Waals surface area contributed by atoms with E-state index < -0.39 is 0 Å². The molecule has 7 nitrogen and oxygen atoms in total. The minimum absolute atomic E-state index is 0.0320. The number of piperidine rings is 1. The highest BCUT2D eigenvalue weighted by Gasteiger charge is 2.28. The molecule has 2 aliphatic heterocycles. The summed E-state index contributed by atoms with van der Waals surface area (Å²) in [5, 5.41) is 11.5. The summed E-state index contributed by atoms with van der Waals surface area (Å²) in [6.45, 7) is 3.61. The zero-order chi connectivity index (χ0) is 18.0. The number of hydrogen-bond acceptors (Lipinski definition) is 5. The minimum atomic E-state index is -0.375. The topological polar surface area (TPSA) is 69.9 Å². The average Bonchev–Trinajstić information content (AvgIpc) is 3.15. The number of nitrogens with zero attached hydrogens (tertiary/aromatic N) is 4. The van der Waals surface area contributed by atoms with Crippen LogP contribution in [-0.2, 0) is 0 Å². The maximum Gasteiger partial charge on any atom is 0.293 e. The molecule has 0 N–H and O–H groups in total. The van der Waals surface area contributed by atoms with E-state index in [1.54, 1.807) is 24.1 Å². The molecular formula is C18H26N4O3. The van der Waals surface area contributed by atoms with Gasteiger partial charge in [0.15, 0.2) is 0 Å². The van der Waals surface area contributed by atoms with Crippen molar-refractivity contribution in [3.63, 3.8) is 0 Å². The van der Waals surface area contributed by atoms with Gasteiger partial charge in [-0.25, -0.2) is 0 Å². The van der Waals surface area contributed by atoms with Crippen molar-refractivity contribution in [2.24, 2.45) is 0 Å². The lowest BCUT2D eigenvalue weighted by Crippen LogP contribution is -2.44.